The standard InChI is InChI=1S/C12H18N2OS.ClH/c1-9-7-14(8-10(2)13-9)12(15)6-11-4-3-5-16-11;/h3-5,9-10,13H,6-8H2,1-2H3;1H. The minimum atomic E-state index is 0. The molecular weight excluding hydrogens is 256 g/mol. The lowest BCUT2D eigenvalue weighted by Crippen LogP contribution is -2.56. The average molecular weight is 275 g/mol. The first-order chi connectivity index (χ1) is 7.65. The number of amides is 1. The topological polar surface area (TPSA) is 32.3 Å². The van der Waals surface area contributed by atoms with Gasteiger partial charge in [-0.25, -0.2) is 0 Å². The summed E-state index contributed by atoms with van der Waals surface area (Å²) >= 11 is 1.65. The molecule has 1 aliphatic heterocycles. The highest BCUT2D eigenvalue weighted by Crippen LogP contribution is 2.12. The number of hydrogen-bond acceptors (Lipinski definition) is 3. The summed E-state index contributed by atoms with van der Waals surface area (Å²) in [6.45, 7) is 5.91. The number of nitrogens with zero attached hydrogens (tertiary/aromatic N) is 1. The lowest BCUT2D eigenvalue weighted by atomic mass is 10.1. The predicted octanol–water partition coefficient (Wildman–Crippen LogP) is 1.92. The first-order valence-electron chi connectivity index (χ1n) is 5.71. The Morgan fingerprint density at radius 1 is 1.47 bits per heavy atom. The molecule has 0 spiro atoms. The second kappa shape index (κ2) is 6.38. The summed E-state index contributed by atoms with van der Waals surface area (Å²) < 4.78 is 0. The highest BCUT2D eigenvalue weighted by Gasteiger charge is 2.24. The normalized spacial score (nSPS) is 24.2. The van der Waals surface area contributed by atoms with Crippen molar-refractivity contribution in [1.82, 2.24) is 10.2 Å². The Kier molecular flexibility index (Phi) is 5.43. The maximum Gasteiger partial charge on any atom is 0.227 e. The molecule has 2 unspecified atom stereocenters. The van der Waals surface area contributed by atoms with Crippen molar-refractivity contribution < 1.29 is 4.79 Å². The zero-order valence-electron chi connectivity index (χ0n) is 10.2. The van der Waals surface area contributed by atoms with Crippen molar-refractivity contribution in [2.45, 2.75) is 32.4 Å². The summed E-state index contributed by atoms with van der Waals surface area (Å²) in [5.74, 6) is 0.252. The van der Waals surface area contributed by atoms with Crippen LogP contribution >= 0.6 is 23.7 Å². The Morgan fingerprint density at radius 3 is 2.65 bits per heavy atom. The van der Waals surface area contributed by atoms with E-state index in [1.165, 1.54) is 0 Å². The van der Waals surface area contributed by atoms with Crippen molar-refractivity contribution in [2.75, 3.05) is 13.1 Å². The van der Waals surface area contributed by atoms with Gasteiger partial charge in [0.15, 0.2) is 0 Å². The predicted molar refractivity (Wildman–Crippen MR) is 73.9 cm³/mol. The van der Waals surface area contributed by atoms with Crippen LogP contribution in [0.3, 0.4) is 0 Å². The molecule has 3 nitrogen and oxygen atoms in total. The van der Waals surface area contributed by atoms with E-state index in [2.05, 4.69) is 19.2 Å². The highest BCUT2D eigenvalue weighted by molar-refractivity contribution is 7.10. The van der Waals surface area contributed by atoms with Gasteiger partial charge in [0, 0.05) is 30.1 Å². The molecule has 0 saturated carbocycles. The fourth-order valence-electron chi connectivity index (χ4n) is 2.20. The fraction of sp³-hybridized carbons (Fsp3) is 0.583. The number of thiophene rings is 1. The number of halogens is 1. The molecule has 2 atom stereocenters. The Morgan fingerprint density at radius 2 is 2.12 bits per heavy atom. The van der Waals surface area contributed by atoms with Crippen molar-refractivity contribution in [3.8, 4) is 0 Å². The molecule has 1 amide bonds. The summed E-state index contributed by atoms with van der Waals surface area (Å²) in [5.41, 5.74) is 0. The summed E-state index contributed by atoms with van der Waals surface area (Å²) in [5, 5.41) is 5.45. The van der Waals surface area contributed by atoms with Crippen LogP contribution in [0.5, 0.6) is 0 Å². The molecule has 0 bridgehead atoms. The van der Waals surface area contributed by atoms with E-state index in [1.807, 2.05) is 22.4 Å². The first kappa shape index (κ1) is 14.5. The molecule has 1 saturated heterocycles. The molecule has 1 aromatic heterocycles. The van der Waals surface area contributed by atoms with Gasteiger partial charge in [0.05, 0.1) is 6.42 Å². The molecule has 1 aliphatic rings. The Bertz CT molecular complexity index is 345. The van der Waals surface area contributed by atoms with Gasteiger partial charge in [0.1, 0.15) is 0 Å². The van der Waals surface area contributed by atoms with Gasteiger partial charge in [-0.2, -0.15) is 0 Å². The van der Waals surface area contributed by atoms with Gasteiger partial charge < -0.3 is 10.2 Å². The van der Waals surface area contributed by atoms with Crippen LogP contribution in [0.1, 0.15) is 18.7 Å². The number of carbonyl (C=O) groups excluding carboxylic acids is 1. The quantitative estimate of drug-likeness (QED) is 0.894. The van der Waals surface area contributed by atoms with Crippen LogP contribution < -0.4 is 5.32 Å². The third-order valence-corrected chi connectivity index (χ3v) is 3.69. The van der Waals surface area contributed by atoms with Gasteiger partial charge in [0.2, 0.25) is 5.91 Å². The van der Waals surface area contributed by atoms with E-state index in [9.17, 15) is 4.79 Å². The molecule has 2 rings (SSSR count). The third kappa shape index (κ3) is 3.98. The molecule has 0 aliphatic carbocycles. The van der Waals surface area contributed by atoms with E-state index in [-0.39, 0.29) is 18.3 Å². The maximum atomic E-state index is 12.1. The highest BCUT2D eigenvalue weighted by atomic mass is 35.5. The van der Waals surface area contributed by atoms with Crippen molar-refractivity contribution >= 4 is 29.7 Å². The number of carbonyl (C=O) groups is 1. The van der Waals surface area contributed by atoms with Crippen molar-refractivity contribution in [1.29, 1.82) is 0 Å². The Balaban J connectivity index is 0.00000144. The molecular formula is C12H19ClN2OS. The van der Waals surface area contributed by atoms with E-state index in [0.29, 0.717) is 18.5 Å². The van der Waals surface area contributed by atoms with Crippen LogP contribution in [0.25, 0.3) is 0 Å². The average Bonchev–Trinajstić information content (AvgIpc) is 2.68. The van der Waals surface area contributed by atoms with Crippen LogP contribution in [0.2, 0.25) is 0 Å². The smallest absolute Gasteiger partial charge is 0.227 e. The van der Waals surface area contributed by atoms with Crippen LogP contribution in [-0.2, 0) is 11.2 Å². The van der Waals surface area contributed by atoms with Crippen molar-refractivity contribution in [3.05, 3.63) is 22.4 Å². The van der Waals surface area contributed by atoms with Gasteiger partial charge in [-0.15, -0.1) is 23.7 Å². The molecule has 2 heterocycles. The first-order valence-corrected chi connectivity index (χ1v) is 6.59. The molecule has 0 radical (unpaired) electrons. The SMILES string of the molecule is CC1CN(C(=O)Cc2cccs2)CC(C)N1.Cl. The number of piperazine rings is 1. The summed E-state index contributed by atoms with van der Waals surface area (Å²) in [6, 6.07) is 4.82. The molecule has 1 N–H and O–H groups in total. The fourth-order valence-corrected chi connectivity index (χ4v) is 2.90. The summed E-state index contributed by atoms with van der Waals surface area (Å²) in [7, 11) is 0. The second-order valence-electron chi connectivity index (χ2n) is 4.52. The number of rotatable bonds is 2. The van der Waals surface area contributed by atoms with Crippen LogP contribution in [0.15, 0.2) is 17.5 Å². The largest absolute Gasteiger partial charge is 0.339 e. The van der Waals surface area contributed by atoms with E-state index < -0.39 is 0 Å². The van der Waals surface area contributed by atoms with Crippen molar-refractivity contribution in [3.63, 3.8) is 0 Å². The minimum absolute atomic E-state index is 0. The van der Waals surface area contributed by atoms with E-state index >= 15 is 0 Å². The lowest BCUT2D eigenvalue weighted by Gasteiger charge is -2.36. The van der Waals surface area contributed by atoms with Gasteiger partial charge in [0.25, 0.3) is 0 Å². The molecule has 5 heteroatoms. The monoisotopic (exact) mass is 274 g/mol. The van der Waals surface area contributed by atoms with Crippen molar-refractivity contribution in [2.24, 2.45) is 0 Å². The zero-order chi connectivity index (χ0) is 11.5. The van der Waals surface area contributed by atoms with Gasteiger partial charge in [-0.1, -0.05) is 6.07 Å². The van der Waals surface area contributed by atoms with Gasteiger partial charge >= 0.3 is 0 Å². The minimum Gasteiger partial charge on any atom is -0.339 e. The Labute approximate surface area is 113 Å². The Hall–Kier alpha value is -0.580. The van der Waals surface area contributed by atoms with Crippen LogP contribution in [0.4, 0.5) is 0 Å². The van der Waals surface area contributed by atoms with E-state index in [4.69, 9.17) is 0 Å². The lowest BCUT2D eigenvalue weighted by molar-refractivity contribution is -0.132. The molecule has 1 fully saturated rings. The molecule has 96 valence electrons. The molecule has 1 aromatic rings. The number of hydrogen-bond donors (Lipinski definition) is 1. The summed E-state index contributed by atoms with van der Waals surface area (Å²) in [6.07, 6.45) is 0.553. The van der Waals surface area contributed by atoms with E-state index in [0.717, 1.165) is 18.0 Å². The molecule has 0 aromatic carbocycles. The van der Waals surface area contributed by atoms with Crippen LogP contribution in [-0.4, -0.2) is 36.0 Å². The van der Waals surface area contributed by atoms with Gasteiger partial charge in [-0.3, -0.25) is 4.79 Å². The third-order valence-electron chi connectivity index (χ3n) is 2.82. The van der Waals surface area contributed by atoms with Gasteiger partial charge in [-0.05, 0) is 25.3 Å². The number of nitrogens with one attached hydrogen (secondary N) is 1. The second-order valence-corrected chi connectivity index (χ2v) is 5.56. The summed E-state index contributed by atoms with van der Waals surface area (Å²) in [4.78, 5) is 15.2. The van der Waals surface area contributed by atoms with Crippen LogP contribution in [0, 0.1) is 0 Å². The van der Waals surface area contributed by atoms with E-state index in [1.54, 1.807) is 11.3 Å². The maximum absolute atomic E-state index is 12.1. The zero-order valence-corrected chi connectivity index (χ0v) is 11.8. The molecule has 17 heavy (non-hydrogen) atoms.